The molecular formula is C21H24N4. The van der Waals surface area contributed by atoms with Gasteiger partial charge < -0.3 is 5.32 Å². The molecule has 0 spiro atoms. The average molecular weight is 332 g/mol. The highest BCUT2D eigenvalue weighted by Crippen LogP contribution is 2.38. The highest BCUT2D eigenvalue weighted by molar-refractivity contribution is 5.68. The van der Waals surface area contributed by atoms with E-state index in [-0.39, 0.29) is 0 Å². The normalized spacial score (nSPS) is 14.8. The number of nitrogens with zero attached hydrogens (tertiary/aromatic N) is 2. The van der Waals surface area contributed by atoms with E-state index in [9.17, 15) is 0 Å². The second-order valence-electron chi connectivity index (χ2n) is 6.89. The Morgan fingerprint density at radius 3 is 2.84 bits per heavy atom. The minimum absolute atomic E-state index is 0.619. The predicted octanol–water partition coefficient (Wildman–Crippen LogP) is 5.05. The zero-order chi connectivity index (χ0) is 17.1. The number of aryl methyl sites for hydroxylation is 1. The van der Waals surface area contributed by atoms with Crippen LogP contribution in [0.25, 0.3) is 11.1 Å². The highest BCUT2D eigenvalue weighted by Gasteiger charge is 2.22. The van der Waals surface area contributed by atoms with Crippen molar-refractivity contribution in [3.63, 3.8) is 0 Å². The summed E-state index contributed by atoms with van der Waals surface area (Å²) >= 11 is 0. The molecule has 25 heavy (non-hydrogen) atoms. The quantitative estimate of drug-likeness (QED) is 0.687. The molecule has 2 aromatic heterocycles. The van der Waals surface area contributed by atoms with Gasteiger partial charge in [0.2, 0.25) is 0 Å². The fourth-order valence-corrected chi connectivity index (χ4v) is 3.74. The van der Waals surface area contributed by atoms with Gasteiger partial charge in [-0.2, -0.15) is 5.10 Å². The van der Waals surface area contributed by atoms with E-state index in [1.165, 1.54) is 53.6 Å². The van der Waals surface area contributed by atoms with E-state index in [0.29, 0.717) is 5.92 Å². The molecule has 0 aliphatic heterocycles. The molecule has 0 saturated heterocycles. The van der Waals surface area contributed by atoms with Gasteiger partial charge >= 0.3 is 0 Å². The molecule has 4 rings (SSSR count). The van der Waals surface area contributed by atoms with E-state index in [2.05, 4.69) is 63.8 Å². The minimum atomic E-state index is 0.619. The Bertz CT molecular complexity index is 846. The maximum atomic E-state index is 4.48. The van der Waals surface area contributed by atoms with Crippen LogP contribution in [0.3, 0.4) is 0 Å². The Morgan fingerprint density at radius 2 is 2.00 bits per heavy atom. The maximum absolute atomic E-state index is 4.48. The summed E-state index contributed by atoms with van der Waals surface area (Å²) in [6.07, 6.45) is 9.00. The lowest BCUT2D eigenvalue weighted by atomic mass is 9.97. The van der Waals surface area contributed by atoms with Crippen LogP contribution in [0.1, 0.15) is 48.4 Å². The molecule has 1 saturated carbocycles. The van der Waals surface area contributed by atoms with E-state index >= 15 is 0 Å². The molecule has 2 N–H and O–H groups in total. The van der Waals surface area contributed by atoms with Gasteiger partial charge in [-0.1, -0.05) is 37.1 Å². The smallest absolute Gasteiger partial charge is 0.126 e. The summed E-state index contributed by atoms with van der Waals surface area (Å²) in [4.78, 5) is 4.48. The third kappa shape index (κ3) is 3.43. The lowest BCUT2D eigenvalue weighted by molar-refractivity contribution is 0.694. The molecule has 0 amide bonds. The van der Waals surface area contributed by atoms with E-state index in [4.69, 9.17) is 0 Å². The van der Waals surface area contributed by atoms with Gasteiger partial charge in [-0.25, -0.2) is 4.98 Å². The van der Waals surface area contributed by atoms with Crippen molar-refractivity contribution in [3.8, 4) is 11.1 Å². The summed E-state index contributed by atoms with van der Waals surface area (Å²) in [5, 5.41) is 11.0. The lowest BCUT2D eigenvalue weighted by Crippen LogP contribution is -2.03. The van der Waals surface area contributed by atoms with Gasteiger partial charge in [0, 0.05) is 29.9 Å². The molecule has 1 fully saturated rings. The van der Waals surface area contributed by atoms with Crippen LogP contribution in [0.2, 0.25) is 0 Å². The van der Waals surface area contributed by atoms with Crippen molar-refractivity contribution in [1.82, 2.24) is 15.2 Å². The molecule has 4 nitrogen and oxygen atoms in total. The van der Waals surface area contributed by atoms with Gasteiger partial charge in [0.1, 0.15) is 5.82 Å². The number of benzene rings is 1. The number of H-pyrrole nitrogens is 1. The molecule has 0 unspecified atom stereocenters. The minimum Gasteiger partial charge on any atom is -0.366 e. The molecule has 0 bridgehead atoms. The first-order chi connectivity index (χ1) is 12.3. The zero-order valence-electron chi connectivity index (χ0n) is 14.6. The Balaban J connectivity index is 1.54. The number of aromatic amines is 1. The van der Waals surface area contributed by atoms with Crippen molar-refractivity contribution < 1.29 is 0 Å². The van der Waals surface area contributed by atoms with Gasteiger partial charge in [-0.15, -0.1) is 0 Å². The average Bonchev–Trinajstić information content (AvgIpc) is 3.32. The maximum Gasteiger partial charge on any atom is 0.126 e. The van der Waals surface area contributed by atoms with E-state index < -0.39 is 0 Å². The van der Waals surface area contributed by atoms with Gasteiger partial charge in [0.25, 0.3) is 0 Å². The molecule has 1 aliphatic carbocycles. The van der Waals surface area contributed by atoms with Crippen molar-refractivity contribution in [1.29, 1.82) is 0 Å². The second-order valence-corrected chi connectivity index (χ2v) is 6.89. The Morgan fingerprint density at radius 1 is 1.16 bits per heavy atom. The second kappa shape index (κ2) is 7.09. The topological polar surface area (TPSA) is 53.6 Å². The van der Waals surface area contributed by atoms with Gasteiger partial charge in [-0.05, 0) is 48.6 Å². The summed E-state index contributed by atoms with van der Waals surface area (Å²) in [5.74, 6) is 1.52. The van der Waals surface area contributed by atoms with Gasteiger partial charge in [0.15, 0.2) is 0 Å². The predicted molar refractivity (Wildman–Crippen MR) is 102 cm³/mol. The largest absolute Gasteiger partial charge is 0.366 e. The molecule has 2 heterocycles. The Kier molecular flexibility index (Phi) is 4.51. The monoisotopic (exact) mass is 332 g/mol. The third-order valence-electron chi connectivity index (χ3n) is 5.22. The molecule has 1 aliphatic rings. The summed E-state index contributed by atoms with van der Waals surface area (Å²) in [7, 11) is 0. The fourth-order valence-electron chi connectivity index (χ4n) is 3.74. The Labute approximate surface area is 148 Å². The molecule has 4 heteroatoms. The van der Waals surface area contributed by atoms with Crippen LogP contribution in [0, 0.1) is 6.92 Å². The molecule has 3 aromatic rings. The molecule has 128 valence electrons. The van der Waals surface area contributed by atoms with Crippen molar-refractivity contribution in [2.75, 3.05) is 5.32 Å². The van der Waals surface area contributed by atoms with Gasteiger partial charge in [-0.3, -0.25) is 5.10 Å². The number of pyridine rings is 1. The van der Waals surface area contributed by atoms with Crippen molar-refractivity contribution in [3.05, 3.63) is 65.6 Å². The van der Waals surface area contributed by atoms with Crippen molar-refractivity contribution in [2.45, 2.75) is 45.1 Å². The van der Waals surface area contributed by atoms with E-state index in [0.717, 1.165) is 12.4 Å². The lowest BCUT2D eigenvalue weighted by Gasteiger charge is -2.12. The first-order valence-corrected chi connectivity index (χ1v) is 9.09. The zero-order valence-corrected chi connectivity index (χ0v) is 14.6. The van der Waals surface area contributed by atoms with Gasteiger partial charge in [0.05, 0.1) is 6.20 Å². The number of anilines is 1. The van der Waals surface area contributed by atoms with Crippen LogP contribution in [0.15, 0.2) is 48.8 Å². The first-order valence-electron chi connectivity index (χ1n) is 9.09. The third-order valence-corrected chi connectivity index (χ3v) is 5.22. The molecule has 0 radical (unpaired) electrons. The van der Waals surface area contributed by atoms with Crippen LogP contribution in [0.4, 0.5) is 5.82 Å². The van der Waals surface area contributed by atoms with Crippen molar-refractivity contribution in [2.24, 2.45) is 0 Å². The fraction of sp³-hybridized carbons (Fsp3) is 0.333. The number of rotatable bonds is 5. The summed E-state index contributed by atoms with van der Waals surface area (Å²) in [5.41, 5.74) is 6.27. The SMILES string of the molecule is Cc1ccccc1CNc1cc(-c2cn[nH]c2C2CCCC2)ccn1. The number of hydrogen-bond acceptors (Lipinski definition) is 3. The summed E-state index contributed by atoms with van der Waals surface area (Å²) < 4.78 is 0. The first kappa shape index (κ1) is 15.9. The highest BCUT2D eigenvalue weighted by atomic mass is 15.1. The standard InChI is InChI=1S/C21H24N4/c1-15-6-2-3-9-18(15)13-23-20-12-17(10-11-22-20)19-14-24-25-21(19)16-7-4-5-8-16/h2-3,6,9-12,14,16H,4-5,7-8,13H2,1H3,(H,22,23)(H,24,25). The van der Waals surface area contributed by atoms with Crippen LogP contribution < -0.4 is 5.32 Å². The molecule has 0 atom stereocenters. The van der Waals surface area contributed by atoms with Crippen LogP contribution in [-0.4, -0.2) is 15.2 Å². The summed E-state index contributed by atoms with van der Waals surface area (Å²) in [6.45, 7) is 2.92. The van der Waals surface area contributed by atoms with Crippen LogP contribution >= 0.6 is 0 Å². The molecular weight excluding hydrogens is 308 g/mol. The molecule has 1 aromatic carbocycles. The van der Waals surface area contributed by atoms with Crippen molar-refractivity contribution >= 4 is 5.82 Å². The van der Waals surface area contributed by atoms with Crippen LogP contribution in [0.5, 0.6) is 0 Å². The van der Waals surface area contributed by atoms with E-state index in [1.807, 2.05) is 12.4 Å². The van der Waals surface area contributed by atoms with E-state index in [1.54, 1.807) is 0 Å². The number of hydrogen-bond donors (Lipinski definition) is 2. The Hall–Kier alpha value is -2.62. The number of aromatic nitrogens is 3. The van der Waals surface area contributed by atoms with Crippen LogP contribution in [-0.2, 0) is 6.54 Å². The summed E-state index contributed by atoms with van der Waals surface area (Å²) in [6, 6.07) is 12.6. The number of nitrogens with one attached hydrogen (secondary N) is 2.